The van der Waals surface area contributed by atoms with Crippen LogP contribution >= 0.6 is 11.6 Å². The number of hydrogen-bond acceptors (Lipinski definition) is 4. The average molecular weight is 412 g/mol. The second kappa shape index (κ2) is 7.97. The summed E-state index contributed by atoms with van der Waals surface area (Å²) in [6.07, 6.45) is 1.73. The van der Waals surface area contributed by atoms with Crippen molar-refractivity contribution in [3.05, 3.63) is 69.7 Å². The van der Waals surface area contributed by atoms with Gasteiger partial charge in [-0.3, -0.25) is 24.2 Å². The van der Waals surface area contributed by atoms with E-state index in [9.17, 15) is 14.4 Å². The van der Waals surface area contributed by atoms with Crippen LogP contribution in [0.2, 0.25) is 5.02 Å². The van der Waals surface area contributed by atoms with Gasteiger partial charge in [0.1, 0.15) is 0 Å². The smallest absolute Gasteiger partial charge is 0.261 e. The second-order valence-electron chi connectivity index (χ2n) is 7.58. The Bertz CT molecular complexity index is 966. The first-order valence-electron chi connectivity index (χ1n) is 9.66. The van der Waals surface area contributed by atoms with Gasteiger partial charge in [-0.2, -0.15) is 0 Å². The van der Waals surface area contributed by atoms with Crippen molar-refractivity contribution in [2.45, 2.75) is 25.4 Å². The van der Waals surface area contributed by atoms with E-state index in [1.807, 2.05) is 24.3 Å². The van der Waals surface area contributed by atoms with Crippen LogP contribution in [0.1, 0.15) is 49.5 Å². The Morgan fingerprint density at radius 2 is 1.69 bits per heavy atom. The highest BCUT2D eigenvalue weighted by Gasteiger charge is 2.33. The number of piperidine rings is 1. The Balaban J connectivity index is 1.33. The van der Waals surface area contributed by atoms with Crippen LogP contribution in [0.4, 0.5) is 0 Å². The summed E-state index contributed by atoms with van der Waals surface area (Å²) in [6, 6.07) is 12.6. The molecule has 29 heavy (non-hydrogen) atoms. The zero-order valence-electron chi connectivity index (χ0n) is 16.2. The van der Waals surface area contributed by atoms with Gasteiger partial charge in [0, 0.05) is 43.3 Å². The van der Waals surface area contributed by atoms with Crippen molar-refractivity contribution in [2.75, 3.05) is 20.1 Å². The molecule has 3 amide bonds. The minimum absolute atomic E-state index is 0.0947. The van der Waals surface area contributed by atoms with Crippen molar-refractivity contribution in [2.24, 2.45) is 0 Å². The van der Waals surface area contributed by atoms with E-state index in [0.29, 0.717) is 16.7 Å². The highest BCUT2D eigenvalue weighted by molar-refractivity contribution is 6.30. The maximum Gasteiger partial charge on any atom is 0.261 e. The molecule has 0 aliphatic carbocycles. The van der Waals surface area contributed by atoms with Crippen LogP contribution < -0.4 is 5.32 Å². The highest BCUT2D eigenvalue weighted by Crippen LogP contribution is 2.23. The molecule has 1 saturated heterocycles. The Labute approximate surface area is 174 Å². The number of likely N-dealkylation sites (tertiary alicyclic amines) is 1. The molecule has 7 heteroatoms. The fraction of sp³-hybridized carbons (Fsp3) is 0.318. The lowest BCUT2D eigenvalue weighted by Gasteiger charge is -2.32. The molecule has 0 atom stereocenters. The minimum Gasteiger partial charge on any atom is -0.349 e. The van der Waals surface area contributed by atoms with Gasteiger partial charge in [0.15, 0.2) is 0 Å². The lowest BCUT2D eigenvalue weighted by molar-refractivity contribution is 0.0693. The first kappa shape index (κ1) is 19.6. The van der Waals surface area contributed by atoms with Crippen LogP contribution in [0, 0.1) is 0 Å². The largest absolute Gasteiger partial charge is 0.349 e. The molecule has 4 rings (SSSR count). The molecular formula is C22H22ClN3O3. The number of halogens is 1. The van der Waals surface area contributed by atoms with Gasteiger partial charge in [-0.25, -0.2) is 0 Å². The summed E-state index contributed by atoms with van der Waals surface area (Å²) in [7, 11) is 1.45. The zero-order chi connectivity index (χ0) is 20.5. The highest BCUT2D eigenvalue weighted by atomic mass is 35.5. The number of imide groups is 1. The molecule has 0 aromatic heterocycles. The maximum atomic E-state index is 12.6. The number of carbonyl (C=O) groups excluding carboxylic acids is 3. The molecule has 0 saturated carbocycles. The number of carbonyl (C=O) groups is 3. The van der Waals surface area contributed by atoms with Crippen LogP contribution in [0.5, 0.6) is 0 Å². The lowest BCUT2D eigenvalue weighted by atomic mass is 10.0. The Morgan fingerprint density at radius 1 is 1.03 bits per heavy atom. The third kappa shape index (κ3) is 4.04. The molecule has 1 N–H and O–H groups in total. The van der Waals surface area contributed by atoms with Gasteiger partial charge in [-0.15, -0.1) is 0 Å². The number of nitrogens with zero attached hydrogens (tertiary/aromatic N) is 2. The summed E-state index contributed by atoms with van der Waals surface area (Å²) in [5, 5.41) is 3.80. The van der Waals surface area contributed by atoms with E-state index in [1.54, 1.807) is 12.1 Å². The Kier molecular flexibility index (Phi) is 5.39. The molecule has 0 bridgehead atoms. The van der Waals surface area contributed by atoms with Crippen molar-refractivity contribution in [1.29, 1.82) is 0 Å². The van der Waals surface area contributed by atoms with Crippen molar-refractivity contribution in [1.82, 2.24) is 15.1 Å². The van der Waals surface area contributed by atoms with Crippen LogP contribution in [0.15, 0.2) is 42.5 Å². The molecule has 0 spiro atoms. The van der Waals surface area contributed by atoms with Gasteiger partial charge < -0.3 is 5.32 Å². The summed E-state index contributed by atoms with van der Waals surface area (Å²) in [6.45, 7) is 2.66. The molecule has 150 valence electrons. The number of hydrogen-bond donors (Lipinski definition) is 1. The van der Waals surface area contributed by atoms with Crippen molar-refractivity contribution >= 4 is 29.3 Å². The lowest BCUT2D eigenvalue weighted by Crippen LogP contribution is -2.44. The molecule has 2 aromatic rings. The maximum absolute atomic E-state index is 12.6. The van der Waals surface area contributed by atoms with E-state index < -0.39 is 0 Å². The first-order valence-corrected chi connectivity index (χ1v) is 10.0. The van der Waals surface area contributed by atoms with Gasteiger partial charge in [-0.1, -0.05) is 23.7 Å². The fourth-order valence-corrected chi connectivity index (χ4v) is 3.98. The quantitative estimate of drug-likeness (QED) is 0.785. The van der Waals surface area contributed by atoms with Gasteiger partial charge in [-0.05, 0) is 48.7 Å². The van der Waals surface area contributed by atoms with Crippen molar-refractivity contribution in [3.8, 4) is 0 Å². The summed E-state index contributed by atoms with van der Waals surface area (Å²) in [5.41, 5.74) is 2.27. The van der Waals surface area contributed by atoms with E-state index >= 15 is 0 Å². The first-order chi connectivity index (χ1) is 13.9. The molecule has 2 aliphatic rings. The zero-order valence-corrected chi connectivity index (χ0v) is 16.9. The van der Waals surface area contributed by atoms with E-state index in [1.165, 1.54) is 18.7 Å². The van der Waals surface area contributed by atoms with Crippen molar-refractivity contribution in [3.63, 3.8) is 0 Å². The SMILES string of the molecule is CN1C(=O)c2ccc(C(=O)NC3CCN(Cc4ccc(Cl)cc4)CC3)cc2C1=O. The predicted octanol–water partition coefficient (Wildman–Crippen LogP) is 2.96. The van der Waals surface area contributed by atoms with Crippen LogP contribution in [-0.2, 0) is 6.54 Å². The van der Waals surface area contributed by atoms with Crippen molar-refractivity contribution < 1.29 is 14.4 Å². The molecule has 6 nitrogen and oxygen atoms in total. The second-order valence-corrected chi connectivity index (χ2v) is 8.02. The van der Waals surface area contributed by atoms with Crippen LogP contribution in [0.25, 0.3) is 0 Å². The van der Waals surface area contributed by atoms with E-state index in [2.05, 4.69) is 10.2 Å². The van der Waals surface area contributed by atoms with E-state index in [-0.39, 0.29) is 23.8 Å². The molecular weight excluding hydrogens is 390 g/mol. The Morgan fingerprint density at radius 3 is 2.38 bits per heavy atom. The minimum atomic E-state index is -0.366. The number of benzene rings is 2. The standard InChI is InChI=1S/C22H22ClN3O3/c1-25-21(28)18-7-4-15(12-19(18)22(25)29)20(27)24-17-8-10-26(11-9-17)13-14-2-5-16(23)6-3-14/h2-7,12,17H,8-11,13H2,1H3,(H,24,27). The van der Waals surface area contributed by atoms with E-state index in [0.717, 1.165) is 42.4 Å². The molecule has 0 unspecified atom stereocenters. The topological polar surface area (TPSA) is 69.7 Å². The third-order valence-corrected chi connectivity index (χ3v) is 5.85. The van der Waals surface area contributed by atoms with Crippen LogP contribution in [0.3, 0.4) is 0 Å². The number of nitrogens with one attached hydrogen (secondary N) is 1. The third-order valence-electron chi connectivity index (χ3n) is 5.59. The van der Waals surface area contributed by atoms with Gasteiger partial charge in [0.2, 0.25) is 0 Å². The average Bonchev–Trinajstić information content (AvgIpc) is 2.95. The summed E-state index contributed by atoms with van der Waals surface area (Å²) in [5.74, 6) is -0.904. The number of rotatable bonds is 4. The number of fused-ring (bicyclic) bond motifs is 1. The van der Waals surface area contributed by atoms with Gasteiger partial charge in [0.25, 0.3) is 17.7 Å². The number of amides is 3. The molecule has 2 aliphatic heterocycles. The molecule has 0 radical (unpaired) electrons. The molecule has 2 heterocycles. The predicted molar refractivity (Wildman–Crippen MR) is 110 cm³/mol. The van der Waals surface area contributed by atoms with Crippen LogP contribution in [-0.4, -0.2) is 53.7 Å². The molecule has 2 aromatic carbocycles. The Hall–Kier alpha value is -2.70. The fourth-order valence-electron chi connectivity index (χ4n) is 3.85. The monoisotopic (exact) mass is 411 g/mol. The normalized spacial score (nSPS) is 17.5. The van der Waals surface area contributed by atoms with Gasteiger partial charge >= 0.3 is 0 Å². The molecule has 1 fully saturated rings. The summed E-state index contributed by atoms with van der Waals surface area (Å²) < 4.78 is 0. The summed E-state index contributed by atoms with van der Waals surface area (Å²) >= 11 is 5.93. The van der Waals surface area contributed by atoms with E-state index in [4.69, 9.17) is 11.6 Å². The van der Waals surface area contributed by atoms with Gasteiger partial charge in [0.05, 0.1) is 11.1 Å². The summed E-state index contributed by atoms with van der Waals surface area (Å²) in [4.78, 5) is 40.2.